The van der Waals surface area contributed by atoms with Crippen molar-refractivity contribution in [3.63, 3.8) is 0 Å². The third-order valence-corrected chi connectivity index (χ3v) is 4.14. The van der Waals surface area contributed by atoms with Crippen molar-refractivity contribution in [2.45, 2.75) is 19.8 Å². The third-order valence-electron chi connectivity index (χ3n) is 4.14. The number of piperidine rings is 1. The van der Waals surface area contributed by atoms with Crippen LogP contribution in [-0.4, -0.2) is 47.2 Å². The molecule has 2 N–H and O–H groups in total. The van der Waals surface area contributed by atoms with Gasteiger partial charge in [0.15, 0.2) is 5.69 Å². The Morgan fingerprint density at radius 2 is 2.33 bits per heavy atom. The van der Waals surface area contributed by atoms with Gasteiger partial charge in [0.25, 0.3) is 5.91 Å². The Morgan fingerprint density at radius 1 is 1.48 bits per heavy atom. The van der Waals surface area contributed by atoms with Gasteiger partial charge in [-0.2, -0.15) is 5.10 Å². The average molecular weight is 286 g/mol. The lowest BCUT2D eigenvalue weighted by molar-refractivity contribution is 0.0940. The molecule has 0 saturated carbocycles. The fourth-order valence-corrected chi connectivity index (χ4v) is 3.04. The Kier molecular flexibility index (Phi) is 4.20. The molecule has 2 aromatic rings. The monoisotopic (exact) mass is 286 g/mol. The standard InChI is InChI=1S/C16H22N4O/c1-12-5-4-9-20(11-12)10-8-17-16(21)15-13-6-2-3-7-14(13)18-19-15/h2-3,6-7,12H,4-5,8-11H2,1H3,(H,17,21)(H,18,19). The molecule has 0 radical (unpaired) electrons. The largest absolute Gasteiger partial charge is 0.349 e. The molecule has 1 aliphatic heterocycles. The van der Waals surface area contributed by atoms with Crippen molar-refractivity contribution in [1.82, 2.24) is 20.4 Å². The fourth-order valence-electron chi connectivity index (χ4n) is 3.04. The van der Waals surface area contributed by atoms with E-state index >= 15 is 0 Å². The van der Waals surface area contributed by atoms with E-state index in [9.17, 15) is 4.79 Å². The van der Waals surface area contributed by atoms with Gasteiger partial charge < -0.3 is 10.2 Å². The fraction of sp³-hybridized carbons (Fsp3) is 0.500. The van der Waals surface area contributed by atoms with Gasteiger partial charge in [-0.1, -0.05) is 25.1 Å². The number of hydrogen-bond acceptors (Lipinski definition) is 3. The van der Waals surface area contributed by atoms with Gasteiger partial charge in [-0.05, 0) is 31.4 Å². The number of nitrogens with zero attached hydrogens (tertiary/aromatic N) is 2. The first kappa shape index (κ1) is 14.1. The quantitative estimate of drug-likeness (QED) is 0.904. The van der Waals surface area contributed by atoms with Gasteiger partial charge >= 0.3 is 0 Å². The second-order valence-corrected chi connectivity index (χ2v) is 5.92. The molecule has 112 valence electrons. The van der Waals surface area contributed by atoms with E-state index in [1.54, 1.807) is 0 Å². The molecule has 1 amide bonds. The molecule has 1 unspecified atom stereocenters. The number of fused-ring (bicyclic) bond motifs is 1. The lowest BCUT2D eigenvalue weighted by atomic mass is 10.0. The van der Waals surface area contributed by atoms with Crippen LogP contribution in [0.1, 0.15) is 30.3 Å². The third kappa shape index (κ3) is 3.24. The second kappa shape index (κ2) is 6.26. The summed E-state index contributed by atoms with van der Waals surface area (Å²) in [7, 11) is 0. The zero-order chi connectivity index (χ0) is 14.7. The minimum Gasteiger partial charge on any atom is -0.349 e. The Morgan fingerprint density at radius 3 is 3.19 bits per heavy atom. The summed E-state index contributed by atoms with van der Waals surface area (Å²) in [5.74, 6) is 0.669. The molecule has 1 fully saturated rings. The first-order valence-corrected chi connectivity index (χ1v) is 7.67. The second-order valence-electron chi connectivity index (χ2n) is 5.92. The van der Waals surface area contributed by atoms with Gasteiger partial charge in [-0.25, -0.2) is 0 Å². The molecule has 1 aromatic carbocycles. The zero-order valence-corrected chi connectivity index (χ0v) is 12.4. The van der Waals surface area contributed by atoms with Crippen LogP contribution in [0.2, 0.25) is 0 Å². The van der Waals surface area contributed by atoms with E-state index in [-0.39, 0.29) is 5.91 Å². The number of hydrogen-bond donors (Lipinski definition) is 2. The van der Waals surface area contributed by atoms with E-state index in [4.69, 9.17) is 0 Å². The van der Waals surface area contributed by atoms with Crippen LogP contribution in [-0.2, 0) is 0 Å². The summed E-state index contributed by atoms with van der Waals surface area (Å²) < 4.78 is 0. The van der Waals surface area contributed by atoms with Gasteiger partial charge in [0.1, 0.15) is 0 Å². The van der Waals surface area contributed by atoms with Crippen molar-refractivity contribution in [3.8, 4) is 0 Å². The number of benzene rings is 1. The molecular weight excluding hydrogens is 264 g/mol. The van der Waals surface area contributed by atoms with Crippen molar-refractivity contribution in [2.24, 2.45) is 5.92 Å². The summed E-state index contributed by atoms with van der Waals surface area (Å²) in [6.45, 7) is 6.17. The molecule has 0 bridgehead atoms. The molecule has 5 heteroatoms. The zero-order valence-electron chi connectivity index (χ0n) is 12.4. The molecule has 0 aliphatic carbocycles. The predicted octanol–water partition coefficient (Wildman–Crippen LogP) is 2.02. The number of H-pyrrole nitrogens is 1. The summed E-state index contributed by atoms with van der Waals surface area (Å²) in [4.78, 5) is 14.6. The smallest absolute Gasteiger partial charge is 0.272 e. The predicted molar refractivity (Wildman–Crippen MR) is 83.3 cm³/mol. The maximum absolute atomic E-state index is 12.2. The molecule has 3 rings (SSSR count). The number of carbonyl (C=O) groups excluding carboxylic acids is 1. The minimum absolute atomic E-state index is 0.0995. The van der Waals surface area contributed by atoms with Gasteiger partial charge in [0.05, 0.1) is 5.52 Å². The van der Waals surface area contributed by atoms with E-state index in [1.165, 1.54) is 12.8 Å². The van der Waals surface area contributed by atoms with Crippen molar-refractivity contribution in [1.29, 1.82) is 0 Å². The number of carbonyl (C=O) groups is 1. The molecule has 1 atom stereocenters. The highest BCUT2D eigenvalue weighted by Crippen LogP contribution is 2.15. The van der Waals surface area contributed by atoms with E-state index in [0.717, 1.165) is 36.5 Å². The van der Waals surface area contributed by atoms with Crippen LogP contribution in [0.15, 0.2) is 24.3 Å². The Hall–Kier alpha value is -1.88. The summed E-state index contributed by atoms with van der Waals surface area (Å²) in [5, 5.41) is 10.9. The molecular formula is C16H22N4O. The van der Waals surface area contributed by atoms with Crippen LogP contribution < -0.4 is 5.32 Å². The number of para-hydroxylation sites is 1. The number of aromatic amines is 1. The van der Waals surface area contributed by atoms with E-state index in [1.807, 2.05) is 24.3 Å². The van der Waals surface area contributed by atoms with Gasteiger partial charge in [-0.3, -0.25) is 9.89 Å². The molecule has 1 aliphatic rings. The van der Waals surface area contributed by atoms with Crippen LogP contribution in [0, 0.1) is 5.92 Å². The van der Waals surface area contributed by atoms with E-state index in [0.29, 0.717) is 12.2 Å². The Balaban J connectivity index is 1.54. The van der Waals surface area contributed by atoms with Gasteiger partial charge in [0.2, 0.25) is 0 Å². The highest BCUT2D eigenvalue weighted by Gasteiger charge is 2.17. The maximum Gasteiger partial charge on any atom is 0.272 e. The van der Waals surface area contributed by atoms with Crippen LogP contribution in [0.5, 0.6) is 0 Å². The average Bonchev–Trinajstić information content (AvgIpc) is 2.91. The number of amides is 1. The molecule has 2 heterocycles. The normalized spacial score (nSPS) is 19.8. The topological polar surface area (TPSA) is 61.0 Å². The van der Waals surface area contributed by atoms with Crippen LogP contribution in [0.25, 0.3) is 10.9 Å². The first-order chi connectivity index (χ1) is 10.2. The molecule has 0 spiro atoms. The number of rotatable bonds is 4. The first-order valence-electron chi connectivity index (χ1n) is 7.67. The van der Waals surface area contributed by atoms with Crippen molar-refractivity contribution < 1.29 is 4.79 Å². The minimum atomic E-state index is -0.0995. The summed E-state index contributed by atoms with van der Waals surface area (Å²) >= 11 is 0. The van der Waals surface area contributed by atoms with Gasteiger partial charge in [0, 0.05) is 25.0 Å². The van der Waals surface area contributed by atoms with E-state index in [2.05, 4.69) is 27.3 Å². The highest BCUT2D eigenvalue weighted by atomic mass is 16.1. The number of likely N-dealkylation sites (tertiary alicyclic amines) is 1. The van der Waals surface area contributed by atoms with Gasteiger partial charge in [-0.15, -0.1) is 0 Å². The summed E-state index contributed by atoms with van der Waals surface area (Å²) in [6, 6.07) is 7.69. The number of nitrogens with one attached hydrogen (secondary N) is 2. The van der Waals surface area contributed by atoms with Crippen LogP contribution in [0.3, 0.4) is 0 Å². The highest BCUT2D eigenvalue weighted by molar-refractivity contribution is 6.04. The van der Waals surface area contributed by atoms with Crippen molar-refractivity contribution in [3.05, 3.63) is 30.0 Å². The maximum atomic E-state index is 12.2. The van der Waals surface area contributed by atoms with Crippen LogP contribution in [0.4, 0.5) is 0 Å². The SMILES string of the molecule is CC1CCCN(CCNC(=O)c2n[nH]c3ccccc23)C1. The molecule has 1 aromatic heterocycles. The summed E-state index contributed by atoms with van der Waals surface area (Å²) in [5.41, 5.74) is 1.38. The Bertz CT molecular complexity index is 622. The lowest BCUT2D eigenvalue weighted by Gasteiger charge is -2.30. The van der Waals surface area contributed by atoms with Crippen molar-refractivity contribution in [2.75, 3.05) is 26.2 Å². The van der Waals surface area contributed by atoms with Crippen molar-refractivity contribution >= 4 is 16.8 Å². The molecule has 5 nitrogen and oxygen atoms in total. The number of aromatic nitrogens is 2. The van der Waals surface area contributed by atoms with E-state index < -0.39 is 0 Å². The molecule has 1 saturated heterocycles. The lowest BCUT2D eigenvalue weighted by Crippen LogP contribution is -2.40. The summed E-state index contributed by atoms with van der Waals surface area (Å²) in [6.07, 6.45) is 2.58. The Labute approximate surface area is 124 Å². The van der Waals surface area contributed by atoms with Crippen LogP contribution >= 0.6 is 0 Å². The molecule has 21 heavy (non-hydrogen) atoms.